The standard InChI is InChI=1S/C24H29N3O3/c1-16-8-9-27-22(13-25-23(27)10-16)21(19-6-5-7-20(11-19)29-4)12-24(28)26-14-17(2)30-18(3)15-26/h5-11,13,17-18,21H,12,14-15H2,1-4H3. The second kappa shape index (κ2) is 8.48. The summed E-state index contributed by atoms with van der Waals surface area (Å²) >= 11 is 0. The van der Waals surface area contributed by atoms with E-state index in [1.807, 2.05) is 49.3 Å². The third kappa shape index (κ3) is 4.19. The normalized spacial score (nSPS) is 20.3. The summed E-state index contributed by atoms with van der Waals surface area (Å²) in [5.41, 5.74) is 4.09. The number of aryl methyl sites for hydroxylation is 1. The van der Waals surface area contributed by atoms with Gasteiger partial charge in [0.05, 0.1) is 25.0 Å². The van der Waals surface area contributed by atoms with Gasteiger partial charge in [0.2, 0.25) is 5.91 Å². The van der Waals surface area contributed by atoms with E-state index < -0.39 is 0 Å². The Bertz CT molecular complexity index is 1040. The van der Waals surface area contributed by atoms with Crippen molar-refractivity contribution in [3.8, 4) is 5.75 Å². The van der Waals surface area contributed by atoms with Crippen molar-refractivity contribution in [2.45, 2.75) is 45.3 Å². The third-order valence-electron chi connectivity index (χ3n) is 5.70. The molecule has 3 heterocycles. The van der Waals surface area contributed by atoms with E-state index in [9.17, 15) is 4.79 Å². The first-order valence-corrected chi connectivity index (χ1v) is 10.5. The second-order valence-corrected chi connectivity index (χ2v) is 8.20. The predicted molar refractivity (Wildman–Crippen MR) is 116 cm³/mol. The van der Waals surface area contributed by atoms with Crippen molar-refractivity contribution in [3.05, 3.63) is 65.6 Å². The van der Waals surface area contributed by atoms with E-state index >= 15 is 0 Å². The lowest BCUT2D eigenvalue weighted by molar-refractivity contribution is -0.143. The van der Waals surface area contributed by atoms with Crippen molar-refractivity contribution in [2.75, 3.05) is 20.2 Å². The Morgan fingerprint density at radius 2 is 2.00 bits per heavy atom. The smallest absolute Gasteiger partial charge is 0.223 e. The number of morpholine rings is 1. The first-order valence-electron chi connectivity index (χ1n) is 10.5. The van der Waals surface area contributed by atoms with Crippen LogP contribution in [0.5, 0.6) is 5.75 Å². The van der Waals surface area contributed by atoms with Crippen LogP contribution in [0.2, 0.25) is 0 Å². The maximum absolute atomic E-state index is 13.3. The topological polar surface area (TPSA) is 56.1 Å². The first kappa shape index (κ1) is 20.4. The van der Waals surface area contributed by atoms with Gasteiger partial charge in [-0.15, -0.1) is 0 Å². The summed E-state index contributed by atoms with van der Waals surface area (Å²) in [5.74, 6) is 0.786. The molecule has 1 saturated heterocycles. The Balaban J connectivity index is 1.71. The summed E-state index contributed by atoms with van der Waals surface area (Å²) in [6.07, 6.45) is 4.38. The highest BCUT2D eigenvalue weighted by Gasteiger charge is 2.29. The maximum Gasteiger partial charge on any atom is 0.223 e. The number of imidazole rings is 1. The Morgan fingerprint density at radius 3 is 2.73 bits per heavy atom. The molecule has 3 unspecified atom stereocenters. The molecule has 30 heavy (non-hydrogen) atoms. The van der Waals surface area contributed by atoms with Crippen molar-refractivity contribution >= 4 is 11.6 Å². The van der Waals surface area contributed by atoms with Gasteiger partial charge in [0.25, 0.3) is 0 Å². The molecule has 0 radical (unpaired) electrons. The molecule has 158 valence electrons. The van der Waals surface area contributed by atoms with Gasteiger partial charge in [-0.2, -0.15) is 0 Å². The number of aromatic nitrogens is 2. The number of nitrogens with zero attached hydrogens (tertiary/aromatic N) is 3. The number of carbonyl (C=O) groups is 1. The number of pyridine rings is 1. The number of hydrogen-bond acceptors (Lipinski definition) is 4. The van der Waals surface area contributed by atoms with E-state index in [0.717, 1.165) is 28.2 Å². The molecule has 1 aliphatic heterocycles. The zero-order chi connectivity index (χ0) is 21.3. The van der Waals surface area contributed by atoms with Gasteiger partial charge in [-0.1, -0.05) is 12.1 Å². The number of carbonyl (C=O) groups excluding carboxylic acids is 1. The number of hydrogen-bond donors (Lipinski definition) is 0. The van der Waals surface area contributed by atoms with E-state index in [1.54, 1.807) is 7.11 Å². The molecule has 3 atom stereocenters. The minimum absolute atomic E-state index is 0.0479. The summed E-state index contributed by atoms with van der Waals surface area (Å²) in [4.78, 5) is 19.9. The van der Waals surface area contributed by atoms with Crippen LogP contribution in [-0.2, 0) is 9.53 Å². The summed E-state index contributed by atoms with van der Waals surface area (Å²) < 4.78 is 13.3. The van der Waals surface area contributed by atoms with Gasteiger partial charge in [-0.05, 0) is 56.2 Å². The van der Waals surface area contributed by atoms with Crippen LogP contribution in [-0.4, -0.2) is 52.6 Å². The summed E-state index contributed by atoms with van der Waals surface area (Å²) in [6.45, 7) is 7.34. The Labute approximate surface area is 177 Å². The van der Waals surface area contributed by atoms with Crippen molar-refractivity contribution in [1.29, 1.82) is 0 Å². The number of fused-ring (bicyclic) bond motifs is 1. The number of rotatable bonds is 5. The van der Waals surface area contributed by atoms with Gasteiger partial charge in [0.1, 0.15) is 11.4 Å². The molecule has 6 nitrogen and oxygen atoms in total. The number of methoxy groups -OCH3 is 1. The van der Waals surface area contributed by atoms with E-state index in [1.165, 1.54) is 0 Å². The van der Waals surface area contributed by atoms with E-state index in [0.29, 0.717) is 19.5 Å². The largest absolute Gasteiger partial charge is 0.497 e. The molecule has 1 fully saturated rings. The summed E-state index contributed by atoms with van der Waals surface area (Å²) in [5, 5.41) is 0. The maximum atomic E-state index is 13.3. The fraction of sp³-hybridized carbons (Fsp3) is 0.417. The van der Waals surface area contributed by atoms with Crippen LogP contribution in [0.15, 0.2) is 48.8 Å². The highest BCUT2D eigenvalue weighted by atomic mass is 16.5. The Kier molecular flexibility index (Phi) is 5.77. The molecule has 3 aromatic rings. The minimum atomic E-state index is -0.126. The van der Waals surface area contributed by atoms with Crippen LogP contribution in [0.4, 0.5) is 0 Å². The molecule has 0 saturated carbocycles. The summed E-state index contributed by atoms with van der Waals surface area (Å²) in [6, 6.07) is 12.1. The van der Waals surface area contributed by atoms with Crippen LogP contribution >= 0.6 is 0 Å². The molecule has 1 aliphatic rings. The van der Waals surface area contributed by atoms with Crippen LogP contribution in [0.3, 0.4) is 0 Å². The van der Waals surface area contributed by atoms with Crippen LogP contribution in [0.25, 0.3) is 5.65 Å². The van der Waals surface area contributed by atoms with Crippen LogP contribution in [0.1, 0.15) is 43.0 Å². The van der Waals surface area contributed by atoms with Crippen LogP contribution < -0.4 is 4.74 Å². The molecule has 2 aromatic heterocycles. The Morgan fingerprint density at radius 1 is 1.23 bits per heavy atom. The molecular weight excluding hydrogens is 378 g/mol. The SMILES string of the molecule is COc1cccc(C(CC(=O)N2CC(C)OC(C)C2)c2cnc3cc(C)ccn23)c1. The fourth-order valence-corrected chi connectivity index (χ4v) is 4.30. The van der Waals surface area contributed by atoms with E-state index in [-0.39, 0.29) is 24.0 Å². The van der Waals surface area contributed by atoms with Crippen molar-refractivity contribution < 1.29 is 14.3 Å². The average Bonchev–Trinajstić information content (AvgIpc) is 3.13. The molecule has 6 heteroatoms. The first-order chi connectivity index (χ1) is 14.4. The predicted octanol–water partition coefficient (Wildman–Crippen LogP) is 3.81. The number of benzene rings is 1. The van der Waals surface area contributed by atoms with Gasteiger partial charge < -0.3 is 18.8 Å². The minimum Gasteiger partial charge on any atom is -0.497 e. The molecule has 0 N–H and O–H groups in total. The number of amides is 1. The Hall–Kier alpha value is -2.86. The lowest BCUT2D eigenvalue weighted by Crippen LogP contribution is -2.48. The molecule has 0 aliphatic carbocycles. The zero-order valence-corrected chi connectivity index (χ0v) is 18.0. The van der Waals surface area contributed by atoms with E-state index in [4.69, 9.17) is 9.47 Å². The molecule has 0 spiro atoms. The quantitative estimate of drug-likeness (QED) is 0.645. The highest BCUT2D eigenvalue weighted by Crippen LogP contribution is 2.32. The van der Waals surface area contributed by atoms with Gasteiger partial charge >= 0.3 is 0 Å². The molecule has 4 rings (SSSR count). The lowest BCUT2D eigenvalue weighted by Gasteiger charge is -2.36. The highest BCUT2D eigenvalue weighted by molar-refractivity contribution is 5.78. The van der Waals surface area contributed by atoms with Crippen molar-refractivity contribution in [1.82, 2.24) is 14.3 Å². The summed E-state index contributed by atoms with van der Waals surface area (Å²) in [7, 11) is 1.66. The van der Waals surface area contributed by atoms with Gasteiger partial charge in [-0.25, -0.2) is 4.98 Å². The van der Waals surface area contributed by atoms with Gasteiger partial charge in [0, 0.05) is 37.8 Å². The van der Waals surface area contributed by atoms with Gasteiger partial charge in [-0.3, -0.25) is 4.79 Å². The zero-order valence-electron chi connectivity index (χ0n) is 18.0. The van der Waals surface area contributed by atoms with Gasteiger partial charge in [0.15, 0.2) is 0 Å². The van der Waals surface area contributed by atoms with Crippen molar-refractivity contribution in [3.63, 3.8) is 0 Å². The molecule has 1 aromatic carbocycles. The average molecular weight is 408 g/mol. The second-order valence-electron chi connectivity index (χ2n) is 8.20. The number of ether oxygens (including phenoxy) is 2. The third-order valence-corrected chi connectivity index (χ3v) is 5.70. The molecule has 0 bridgehead atoms. The lowest BCUT2D eigenvalue weighted by atomic mass is 9.91. The molecule has 1 amide bonds. The molecular formula is C24H29N3O3. The van der Waals surface area contributed by atoms with Crippen LogP contribution in [0, 0.1) is 6.92 Å². The van der Waals surface area contributed by atoms with E-state index in [2.05, 4.69) is 34.5 Å². The van der Waals surface area contributed by atoms with Crippen molar-refractivity contribution in [2.24, 2.45) is 0 Å². The fourth-order valence-electron chi connectivity index (χ4n) is 4.30. The monoisotopic (exact) mass is 407 g/mol.